The molecular weight excluding hydrogens is 278 g/mol. The normalized spacial score (nSPS) is 12.5. The Kier molecular flexibility index (Phi) is 4.23. The monoisotopic (exact) mass is 295 g/mol. The summed E-state index contributed by atoms with van der Waals surface area (Å²) in [5.74, 6) is 0.640. The fraction of sp³-hybridized carbons (Fsp3) is 0.167. The highest BCUT2D eigenvalue weighted by Crippen LogP contribution is 2.26. The third-order valence-electron chi connectivity index (χ3n) is 3.44. The van der Waals surface area contributed by atoms with E-state index >= 15 is 0 Å². The van der Waals surface area contributed by atoms with Crippen LogP contribution in [-0.2, 0) is 0 Å². The van der Waals surface area contributed by atoms with Gasteiger partial charge in [-0.2, -0.15) is 0 Å². The first-order valence-electron chi connectivity index (χ1n) is 6.94. The van der Waals surface area contributed by atoms with Crippen LogP contribution in [-0.4, -0.2) is 15.8 Å². The highest BCUT2D eigenvalue weighted by Gasteiger charge is 2.09. The lowest BCUT2D eigenvalue weighted by Gasteiger charge is -2.11. The van der Waals surface area contributed by atoms with Gasteiger partial charge >= 0.3 is 0 Å². The summed E-state index contributed by atoms with van der Waals surface area (Å²) in [6.07, 6.45) is 1.29. The van der Waals surface area contributed by atoms with Gasteiger partial charge in [0.2, 0.25) is 0 Å². The highest BCUT2D eigenvalue weighted by molar-refractivity contribution is 7.99. The zero-order valence-corrected chi connectivity index (χ0v) is 12.7. The number of fused-ring (bicyclic) bond motifs is 1. The Balaban J connectivity index is 1.71. The summed E-state index contributed by atoms with van der Waals surface area (Å²) in [4.78, 5) is 5.51. The van der Waals surface area contributed by atoms with E-state index in [2.05, 4.69) is 36.2 Å². The van der Waals surface area contributed by atoms with Crippen molar-refractivity contribution < 1.29 is 5.11 Å². The fourth-order valence-electron chi connectivity index (χ4n) is 2.20. The summed E-state index contributed by atoms with van der Waals surface area (Å²) in [5.41, 5.74) is 3.09. The molecule has 0 aliphatic carbocycles. The third-order valence-corrected chi connectivity index (χ3v) is 4.53. The second kappa shape index (κ2) is 6.29. The van der Waals surface area contributed by atoms with Crippen molar-refractivity contribution in [2.45, 2.75) is 17.9 Å². The van der Waals surface area contributed by atoms with E-state index < -0.39 is 6.10 Å². The van der Waals surface area contributed by atoms with Crippen LogP contribution in [0.2, 0.25) is 0 Å². The van der Waals surface area contributed by atoms with Gasteiger partial charge in [-0.05, 0) is 36.8 Å². The molecule has 0 aliphatic rings. The van der Waals surface area contributed by atoms with Crippen molar-refractivity contribution >= 4 is 22.7 Å². The quantitative estimate of drug-likeness (QED) is 0.726. The Morgan fingerprint density at radius 2 is 1.90 bits per heavy atom. The first-order chi connectivity index (χ1) is 10.2. The minimum absolute atomic E-state index is 0.484. The zero-order valence-electron chi connectivity index (χ0n) is 11.9. The topological polar surface area (TPSA) is 33.1 Å². The van der Waals surface area contributed by atoms with Crippen LogP contribution >= 0.6 is 11.8 Å². The zero-order chi connectivity index (χ0) is 14.7. The molecule has 0 spiro atoms. The van der Waals surface area contributed by atoms with Crippen LogP contribution in [0, 0.1) is 6.92 Å². The number of rotatable bonds is 4. The van der Waals surface area contributed by atoms with E-state index in [0.717, 1.165) is 16.5 Å². The van der Waals surface area contributed by atoms with Crippen molar-refractivity contribution in [2.24, 2.45) is 0 Å². The number of aliphatic hydroxyl groups excluding tert-OH is 1. The molecule has 0 radical (unpaired) electrons. The molecule has 1 atom stereocenters. The Labute approximate surface area is 128 Å². The lowest BCUT2D eigenvalue weighted by molar-refractivity contribution is 0.204. The molecule has 106 valence electrons. The number of pyridine rings is 1. The molecular formula is C18H17NOS. The predicted molar refractivity (Wildman–Crippen MR) is 88.6 cm³/mol. The van der Waals surface area contributed by atoms with Gasteiger partial charge in [-0.25, -0.2) is 0 Å². The van der Waals surface area contributed by atoms with Crippen LogP contribution in [0.5, 0.6) is 0 Å². The molecule has 21 heavy (non-hydrogen) atoms. The van der Waals surface area contributed by atoms with Gasteiger partial charge < -0.3 is 5.11 Å². The molecule has 0 fully saturated rings. The second-order valence-corrected chi connectivity index (χ2v) is 6.19. The molecule has 1 heterocycles. The summed E-state index contributed by atoms with van der Waals surface area (Å²) in [6, 6.07) is 18.3. The number of aliphatic hydroxyl groups is 1. The van der Waals surface area contributed by atoms with E-state index in [0.29, 0.717) is 5.75 Å². The first kappa shape index (κ1) is 14.1. The maximum Gasteiger partial charge on any atom is 0.0884 e. The third kappa shape index (κ3) is 3.43. The number of aromatic nitrogens is 1. The van der Waals surface area contributed by atoms with Crippen LogP contribution in [0.15, 0.2) is 65.7 Å². The summed E-state index contributed by atoms with van der Waals surface area (Å²) in [5, 5.41) is 11.4. The lowest BCUT2D eigenvalue weighted by Crippen LogP contribution is -2.00. The molecule has 0 bridgehead atoms. The van der Waals surface area contributed by atoms with Crippen LogP contribution in [0.25, 0.3) is 10.9 Å². The van der Waals surface area contributed by atoms with E-state index in [4.69, 9.17) is 0 Å². The summed E-state index contributed by atoms with van der Waals surface area (Å²) in [7, 11) is 0. The van der Waals surface area contributed by atoms with Gasteiger partial charge in [-0.15, -0.1) is 11.8 Å². The van der Waals surface area contributed by atoms with Gasteiger partial charge in [0.15, 0.2) is 0 Å². The van der Waals surface area contributed by atoms with Crippen LogP contribution in [0.1, 0.15) is 17.2 Å². The molecule has 0 aliphatic heterocycles. The van der Waals surface area contributed by atoms with Gasteiger partial charge in [0, 0.05) is 22.2 Å². The van der Waals surface area contributed by atoms with Crippen molar-refractivity contribution in [1.82, 2.24) is 4.98 Å². The lowest BCUT2D eigenvalue weighted by atomic mass is 10.1. The van der Waals surface area contributed by atoms with Crippen molar-refractivity contribution in [3.05, 3.63) is 71.9 Å². The van der Waals surface area contributed by atoms with Crippen molar-refractivity contribution in [2.75, 3.05) is 5.75 Å². The fourth-order valence-corrected chi connectivity index (χ4v) is 3.07. The smallest absolute Gasteiger partial charge is 0.0884 e. The minimum atomic E-state index is -0.484. The number of nitrogens with zero attached hydrogens (tertiary/aromatic N) is 1. The number of benzene rings is 2. The Morgan fingerprint density at radius 3 is 2.71 bits per heavy atom. The van der Waals surface area contributed by atoms with Crippen LogP contribution in [0.3, 0.4) is 0 Å². The molecule has 1 unspecified atom stereocenters. The summed E-state index contributed by atoms with van der Waals surface area (Å²) >= 11 is 1.67. The molecule has 3 aromatic rings. The first-order valence-corrected chi connectivity index (χ1v) is 7.93. The van der Waals surface area contributed by atoms with Gasteiger partial charge in [0.1, 0.15) is 0 Å². The largest absolute Gasteiger partial charge is 0.388 e. The van der Waals surface area contributed by atoms with Gasteiger partial charge in [-0.1, -0.05) is 35.9 Å². The Hall–Kier alpha value is -1.84. The van der Waals surface area contributed by atoms with Crippen LogP contribution < -0.4 is 0 Å². The molecule has 2 aromatic carbocycles. The average molecular weight is 295 g/mol. The molecule has 0 amide bonds. The average Bonchev–Trinajstić information content (AvgIpc) is 2.53. The maximum absolute atomic E-state index is 10.3. The molecule has 1 aromatic heterocycles. The standard InChI is InChI=1S/C18H17NOS/c1-13-4-8-16(9-5-13)21-12-18(20)15-7-6-14-3-2-10-19-17(14)11-15/h2-11,18,20H,12H2,1H3. The van der Waals surface area contributed by atoms with Gasteiger partial charge in [0.25, 0.3) is 0 Å². The van der Waals surface area contributed by atoms with E-state index in [1.807, 2.05) is 30.3 Å². The van der Waals surface area contributed by atoms with Gasteiger partial charge in [0.05, 0.1) is 11.6 Å². The number of thioether (sulfide) groups is 1. The maximum atomic E-state index is 10.3. The Bertz CT molecular complexity index is 740. The number of aryl methyl sites for hydroxylation is 1. The molecule has 0 saturated heterocycles. The summed E-state index contributed by atoms with van der Waals surface area (Å²) < 4.78 is 0. The highest BCUT2D eigenvalue weighted by atomic mass is 32.2. The van der Waals surface area contributed by atoms with E-state index in [-0.39, 0.29) is 0 Å². The SMILES string of the molecule is Cc1ccc(SCC(O)c2ccc3cccnc3c2)cc1. The Morgan fingerprint density at radius 1 is 1.10 bits per heavy atom. The van der Waals surface area contributed by atoms with Gasteiger partial charge in [-0.3, -0.25) is 4.98 Å². The van der Waals surface area contributed by atoms with E-state index in [9.17, 15) is 5.11 Å². The molecule has 1 N–H and O–H groups in total. The van der Waals surface area contributed by atoms with Crippen molar-refractivity contribution in [1.29, 1.82) is 0 Å². The summed E-state index contributed by atoms with van der Waals surface area (Å²) in [6.45, 7) is 2.07. The molecule has 0 saturated carbocycles. The predicted octanol–water partition coefficient (Wildman–Crippen LogP) is 4.37. The second-order valence-electron chi connectivity index (χ2n) is 5.10. The molecule has 3 heteroatoms. The number of hydrogen-bond donors (Lipinski definition) is 1. The minimum Gasteiger partial charge on any atom is -0.388 e. The van der Waals surface area contributed by atoms with Crippen LogP contribution in [0.4, 0.5) is 0 Å². The number of hydrogen-bond acceptors (Lipinski definition) is 3. The van der Waals surface area contributed by atoms with Crippen molar-refractivity contribution in [3.63, 3.8) is 0 Å². The molecule has 3 rings (SSSR count). The van der Waals surface area contributed by atoms with E-state index in [1.54, 1.807) is 18.0 Å². The van der Waals surface area contributed by atoms with Crippen molar-refractivity contribution in [3.8, 4) is 0 Å². The molecule has 2 nitrogen and oxygen atoms in total. The van der Waals surface area contributed by atoms with E-state index in [1.165, 1.54) is 10.5 Å².